The van der Waals surface area contributed by atoms with Crippen molar-refractivity contribution in [3.8, 4) is 0 Å². The van der Waals surface area contributed by atoms with E-state index in [2.05, 4.69) is 18.7 Å². The van der Waals surface area contributed by atoms with Crippen LogP contribution in [0.1, 0.15) is 27.2 Å². The van der Waals surface area contributed by atoms with E-state index in [4.69, 9.17) is 0 Å². The lowest BCUT2D eigenvalue weighted by Crippen LogP contribution is -2.54. The fraction of sp³-hybridized carbons (Fsp3) is 1.00. The topological polar surface area (TPSA) is 20.3 Å². The number of alkyl halides is 1. The van der Waals surface area contributed by atoms with Crippen LogP contribution < -0.4 is 0 Å². The van der Waals surface area contributed by atoms with E-state index in [9.17, 15) is 8.60 Å². The fourth-order valence-electron chi connectivity index (χ4n) is 1.82. The van der Waals surface area contributed by atoms with Gasteiger partial charge in [0.1, 0.15) is 0 Å². The van der Waals surface area contributed by atoms with Gasteiger partial charge in [-0.05, 0) is 27.2 Å². The van der Waals surface area contributed by atoms with Gasteiger partial charge in [0.2, 0.25) is 0 Å². The zero-order valence-corrected chi connectivity index (χ0v) is 10.1. The highest BCUT2D eigenvalue weighted by Gasteiger charge is 2.32. The van der Waals surface area contributed by atoms with Crippen molar-refractivity contribution in [2.24, 2.45) is 0 Å². The molecule has 0 aromatic rings. The molecule has 84 valence electrons. The largest absolute Gasteiger partial charge is 0.296 e. The summed E-state index contributed by atoms with van der Waals surface area (Å²) in [4.78, 5) is 2.25. The molecule has 0 saturated carbocycles. The summed E-state index contributed by atoms with van der Waals surface area (Å²) in [5.74, 6) is 1.46. The summed E-state index contributed by atoms with van der Waals surface area (Å²) in [5, 5.41) is 0. The maximum atomic E-state index is 12.7. The minimum absolute atomic E-state index is 0.0298. The van der Waals surface area contributed by atoms with Gasteiger partial charge in [-0.3, -0.25) is 9.11 Å². The molecule has 1 saturated heterocycles. The number of nitrogens with zero attached hydrogens (tertiary/aromatic N) is 1. The molecular formula is C10H20FNOS. The zero-order valence-electron chi connectivity index (χ0n) is 9.25. The van der Waals surface area contributed by atoms with Gasteiger partial charge in [-0.2, -0.15) is 0 Å². The first-order valence-electron chi connectivity index (χ1n) is 5.16. The molecule has 0 aliphatic carbocycles. The summed E-state index contributed by atoms with van der Waals surface area (Å²) in [5.41, 5.74) is -0.0298. The van der Waals surface area contributed by atoms with Crippen LogP contribution in [0.25, 0.3) is 0 Å². The predicted molar refractivity (Wildman–Crippen MR) is 58.7 cm³/mol. The van der Waals surface area contributed by atoms with Gasteiger partial charge < -0.3 is 0 Å². The standard InChI is InChI=1S/C10H20FNOS/c1-9(11)4-5-12-6-7-14(13)8-10(12,2)3/h9H,4-8H2,1-3H3/t9-,14+/m0/s1. The molecule has 1 aliphatic rings. The SMILES string of the molecule is C[C@H](F)CCN1CC[S@@](=O)CC1(C)C. The summed E-state index contributed by atoms with van der Waals surface area (Å²) in [6.07, 6.45) is -0.158. The second kappa shape index (κ2) is 4.71. The average molecular weight is 221 g/mol. The van der Waals surface area contributed by atoms with Crippen molar-refractivity contribution < 1.29 is 8.60 Å². The van der Waals surface area contributed by atoms with Crippen molar-refractivity contribution in [3.05, 3.63) is 0 Å². The van der Waals surface area contributed by atoms with E-state index in [0.29, 0.717) is 12.2 Å². The Labute approximate surface area is 88.3 Å². The van der Waals surface area contributed by atoms with E-state index in [1.807, 2.05) is 0 Å². The van der Waals surface area contributed by atoms with Gasteiger partial charge in [0.15, 0.2) is 0 Å². The third kappa shape index (κ3) is 3.31. The van der Waals surface area contributed by atoms with Gasteiger partial charge in [-0.1, -0.05) is 0 Å². The zero-order chi connectivity index (χ0) is 10.8. The van der Waals surface area contributed by atoms with E-state index in [1.165, 1.54) is 0 Å². The van der Waals surface area contributed by atoms with Crippen molar-refractivity contribution in [1.29, 1.82) is 0 Å². The molecule has 0 radical (unpaired) electrons. The maximum absolute atomic E-state index is 12.7. The lowest BCUT2D eigenvalue weighted by Gasteiger charge is -2.42. The molecule has 0 spiro atoms. The van der Waals surface area contributed by atoms with Crippen LogP contribution >= 0.6 is 0 Å². The van der Waals surface area contributed by atoms with Gasteiger partial charge in [0.25, 0.3) is 0 Å². The van der Waals surface area contributed by atoms with Crippen LogP contribution in [-0.4, -0.2) is 45.4 Å². The van der Waals surface area contributed by atoms with Crippen LogP contribution in [0.2, 0.25) is 0 Å². The molecule has 0 amide bonds. The van der Waals surface area contributed by atoms with Gasteiger partial charge in [0, 0.05) is 40.9 Å². The number of hydrogen-bond donors (Lipinski definition) is 0. The van der Waals surface area contributed by atoms with Crippen molar-refractivity contribution in [2.45, 2.75) is 38.9 Å². The first-order chi connectivity index (χ1) is 6.42. The summed E-state index contributed by atoms with van der Waals surface area (Å²) in [6, 6.07) is 0. The average Bonchev–Trinajstić information content (AvgIpc) is 2.00. The highest BCUT2D eigenvalue weighted by molar-refractivity contribution is 7.85. The lowest BCUT2D eigenvalue weighted by molar-refractivity contribution is 0.128. The Kier molecular flexibility index (Phi) is 4.07. The van der Waals surface area contributed by atoms with Crippen LogP contribution in [0.3, 0.4) is 0 Å². The monoisotopic (exact) mass is 221 g/mol. The van der Waals surface area contributed by atoms with Crippen molar-refractivity contribution in [3.63, 3.8) is 0 Å². The van der Waals surface area contributed by atoms with Crippen molar-refractivity contribution in [1.82, 2.24) is 4.90 Å². The Morgan fingerprint density at radius 1 is 1.57 bits per heavy atom. The van der Waals surface area contributed by atoms with Crippen molar-refractivity contribution >= 4 is 10.8 Å². The van der Waals surface area contributed by atoms with Crippen LogP contribution in [0.15, 0.2) is 0 Å². The minimum Gasteiger partial charge on any atom is -0.296 e. The molecule has 2 atom stereocenters. The molecule has 14 heavy (non-hydrogen) atoms. The van der Waals surface area contributed by atoms with Crippen LogP contribution in [0, 0.1) is 0 Å². The van der Waals surface area contributed by atoms with E-state index >= 15 is 0 Å². The molecule has 1 rings (SSSR count). The van der Waals surface area contributed by atoms with E-state index in [0.717, 1.165) is 18.8 Å². The van der Waals surface area contributed by atoms with Crippen LogP contribution in [0.4, 0.5) is 4.39 Å². The second-order valence-corrected chi connectivity index (χ2v) is 6.23. The summed E-state index contributed by atoms with van der Waals surface area (Å²) in [6.45, 7) is 7.39. The summed E-state index contributed by atoms with van der Waals surface area (Å²) < 4.78 is 24.1. The Balaban J connectivity index is 2.47. The van der Waals surface area contributed by atoms with Crippen molar-refractivity contribution in [2.75, 3.05) is 24.6 Å². The minimum atomic E-state index is -0.738. The third-order valence-corrected chi connectivity index (χ3v) is 4.42. The Hall–Kier alpha value is 0.0400. The van der Waals surface area contributed by atoms with Crippen LogP contribution in [-0.2, 0) is 10.8 Å². The first kappa shape index (κ1) is 12.1. The second-order valence-electron chi connectivity index (χ2n) is 4.66. The Morgan fingerprint density at radius 2 is 2.21 bits per heavy atom. The molecule has 0 unspecified atom stereocenters. The quantitative estimate of drug-likeness (QED) is 0.721. The van der Waals surface area contributed by atoms with Gasteiger partial charge in [-0.25, -0.2) is 4.39 Å². The smallest absolute Gasteiger partial charge is 0.0985 e. The molecule has 1 heterocycles. The Bertz CT molecular complexity index is 218. The van der Waals surface area contributed by atoms with Gasteiger partial charge in [0.05, 0.1) is 6.17 Å². The molecule has 1 fully saturated rings. The Morgan fingerprint density at radius 3 is 2.71 bits per heavy atom. The molecule has 0 N–H and O–H groups in total. The maximum Gasteiger partial charge on any atom is 0.0985 e. The highest BCUT2D eigenvalue weighted by Crippen LogP contribution is 2.21. The number of rotatable bonds is 3. The molecule has 0 aromatic heterocycles. The lowest BCUT2D eigenvalue weighted by atomic mass is 10.0. The number of hydrogen-bond acceptors (Lipinski definition) is 2. The van der Waals surface area contributed by atoms with Crippen LogP contribution in [0.5, 0.6) is 0 Å². The van der Waals surface area contributed by atoms with E-state index in [-0.39, 0.29) is 5.54 Å². The van der Waals surface area contributed by atoms with E-state index in [1.54, 1.807) is 6.92 Å². The molecule has 0 bridgehead atoms. The summed E-state index contributed by atoms with van der Waals surface area (Å²) in [7, 11) is -0.680. The highest BCUT2D eigenvalue weighted by atomic mass is 32.2. The first-order valence-corrected chi connectivity index (χ1v) is 6.65. The number of halogens is 1. The fourth-order valence-corrected chi connectivity index (χ4v) is 3.36. The van der Waals surface area contributed by atoms with Gasteiger partial charge >= 0.3 is 0 Å². The normalized spacial score (nSPS) is 30.1. The third-order valence-electron chi connectivity index (χ3n) is 2.76. The molecule has 0 aromatic carbocycles. The van der Waals surface area contributed by atoms with E-state index < -0.39 is 17.0 Å². The summed E-state index contributed by atoms with van der Waals surface area (Å²) >= 11 is 0. The molecule has 2 nitrogen and oxygen atoms in total. The van der Waals surface area contributed by atoms with Gasteiger partial charge in [-0.15, -0.1) is 0 Å². The predicted octanol–water partition coefficient (Wildman–Crippen LogP) is 1.58. The molecule has 1 aliphatic heterocycles. The molecule has 4 heteroatoms. The molecular weight excluding hydrogens is 201 g/mol.